The summed E-state index contributed by atoms with van der Waals surface area (Å²) < 4.78 is 79.5. The molecule has 0 amide bonds. The minimum absolute atomic E-state index is 0.0636. The van der Waals surface area contributed by atoms with Gasteiger partial charge in [0.2, 0.25) is 10.0 Å². The van der Waals surface area contributed by atoms with E-state index in [-0.39, 0.29) is 15.8 Å². The van der Waals surface area contributed by atoms with Crippen molar-refractivity contribution in [2.24, 2.45) is 0 Å². The van der Waals surface area contributed by atoms with E-state index < -0.39 is 37.4 Å². The third-order valence-corrected chi connectivity index (χ3v) is 6.44. The molecule has 1 saturated carbocycles. The second-order valence-corrected chi connectivity index (χ2v) is 8.99. The Kier molecular flexibility index (Phi) is 4.52. The average Bonchev–Trinajstić information content (AvgIpc) is 3.33. The van der Waals surface area contributed by atoms with Crippen molar-refractivity contribution in [3.05, 3.63) is 54.1 Å². The molecule has 0 heterocycles. The van der Waals surface area contributed by atoms with Gasteiger partial charge in [0.05, 0.1) is 15.5 Å². The van der Waals surface area contributed by atoms with Crippen molar-refractivity contribution in [1.29, 1.82) is 0 Å². The Labute approximate surface area is 144 Å². The molecule has 1 fully saturated rings. The maximum atomic E-state index is 13.6. The van der Waals surface area contributed by atoms with E-state index in [4.69, 9.17) is 0 Å². The van der Waals surface area contributed by atoms with Crippen molar-refractivity contribution in [1.82, 2.24) is 4.72 Å². The summed E-state index contributed by atoms with van der Waals surface area (Å²) in [7, 11) is -7.85. The lowest BCUT2D eigenvalue weighted by Gasteiger charge is -2.10. The molecule has 1 aliphatic rings. The van der Waals surface area contributed by atoms with Crippen molar-refractivity contribution >= 4 is 25.7 Å². The molecule has 10 heteroatoms. The van der Waals surface area contributed by atoms with Crippen molar-refractivity contribution in [3.63, 3.8) is 0 Å². The second kappa shape index (κ2) is 6.36. The minimum Gasteiger partial charge on any atom is -0.277 e. The first-order valence-electron chi connectivity index (χ1n) is 7.28. The molecule has 134 valence electrons. The first-order valence-corrected chi connectivity index (χ1v) is 10.2. The predicted octanol–water partition coefficient (Wildman–Crippen LogP) is 2.21. The largest absolute Gasteiger partial charge is 0.277 e. The second-order valence-electron chi connectivity index (χ2n) is 5.60. The zero-order valence-corrected chi connectivity index (χ0v) is 14.4. The highest BCUT2D eigenvalue weighted by Crippen LogP contribution is 2.24. The molecule has 25 heavy (non-hydrogen) atoms. The summed E-state index contributed by atoms with van der Waals surface area (Å²) in [5.74, 6) is -1.89. The lowest BCUT2D eigenvalue weighted by molar-refractivity contribution is 0.580. The molecule has 6 nitrogen and oxygen atoms in total. The van der Waals surface area contributed by atoms with Gasteiger partial charge in [0, 0.05) is 12.1 Å². The van der Waals surface area contributed by atoms with Gasteiger partial charge in [-0.2, -0.15) is 0 Å². The molecule has 0 atom stereocenters. The summed E-state index contributed by atoms with van der Waals surface area (Å²) in [6.45, 7) is 0. The fourth-order valence-corrected chi connectivity index (χ4v) is 4.43. The quantitative estimate of drug-likeness (QED) is 0.794. The van der Waals surface area contributed by atoms with Crippen molar-refractivity contribution in [2.45, 2.75) is 28.7 Å². The number of halogens is 2. The Hall–Kier alpha value is -2.04. The van der Waals surface area contributed by atoms with Crippen LogP contribution in [0, 0.1) is 11.6 Å². The van der Waals surface area contributed by atoms with Gasteiger partial charge in [-0.25, -0.2) is 30.3 Å². The van der Waals surface area contributed by atoms with Crippen LogP contribution >= 0.6 is 0 Å². The van der Waals surface area contributed by atoms with Crippen LogP contribution < -0.4 is 9.44 Å². The fourth-order valence-electron chi connectivity index (χ4n) is 2.06. The molecule has 0 bridgehead atoms. The number of hydrogen-bond acceptors (Lipinski definition) is 4. The summed E-state index contributed by atoms with van der Waals surface area (Å²) in [5.41, 5.74) is -0.409. The number of hydrogen-bond donors (Lipinski definition) is 2. The maximum Gasteiger partial charge on any atom is 0.261 e. The van der Waals surface area contributed by atoms with Crippen LogP contribution in [0.5, 0.6) is 0 Å². The number of anilines is 1. The van der Waals surface area contributed by atoms with Gasteiger partial charge >= 0.3 is 0 Å². The summed E-state index contributed by atoms with van der Waals surface area (Å²) in [5, 5.41) is 0. The summed E-state index contributed by atoms with van der Waals surface area (Å²) in [6, 6.07) is 6.87. The SMILES string of the molecule is O=S(=O)(Nc1ccc(F)cc1F)c1ccc(S(=O)(=O)NC2CC2)cc1. The van der Waals surface area contributed by atoms with E-state index in [1.165, 1.54) is 0 Å². The molecule has 0 spiro atoms. The molecule has 1 aliphatic carbocycles. The van der Waals surface area contributed by atoms with Crippen LogP contribution in [0.4, 0.5) is 14.5 Å². The predicted molar refractivity (Wildman–Crippen MR) is 87.0 cm³/mol. The van der Waals surface area contributed by atoms with Crippen molar-refractivity contribution in [3.8, 4) is 0 Å². The van der Waals surface area contributed by atoms with E-state index in [2.05, 4.69) is 4.72 Å². The molecule has 2 aromatic rings. The average molecular weight is 388 g/mol. The molecular weight excluding hydrogens is 374 g/mol. The van der Waals surface area contributed by atoms with Crippen LogP contribution in [0.2, 0.25) is 0 Å². The van der Waals surface area contributed by atoms with Crippen LogP contribution in [-0.2, 0) is 20.0 Å². The van der Waals surface area contributed by atoms with Crippen molar-refractivity contribution < 1.29 is 25.6 Å². The van der Waals surface area contributed by atoms with Crippen LogP contribution in [0.1, 0.15) is 12.8 Å². The van der Waals surface area contributed by atoms with Gasteiger partial charge in [-0.3, -0.25) is 4.72 Å². The third-order valence-electron chi connectivity index (χ3n) is 3.52. The Bertz CT molecular complexity index is 1000. The molecule has 2 N–H and O–H groups in total. The van der Waals surface area contributed by atoms with Crippen LogP contribution in [0.25, 0.3) is 0 Å². The zero-order valence-electron chi connectivity index (χ0n) is 12.7. The van der Waals surface area contributed by atoms with E-state index in [1.54, 1.807) is 0 Å². The van der Waals surface area contributed by atoms with Crippen LogP contribution in [0.15, 0.2) is 52.3 Å². The third kappa shape index (κ3) is 4.14. The number of rotatable bonds is 6. The summed E-state index contributed by atoms with van der Waals surface area (Å²) in [6.07, 6.45) is 1.55. The standard InChI is InChI=1S/C15H14F2N2O4S2/c16-10-1-8-15(14(17)9-10)19-25(22,23)13-6-4-12(5-7-13)24(20,21)18-11-2-3-11/h1,4-9,11,18-19H,2-3H2. The van der Waals surface area contributed by atoms with E-state index in [0.29, 0.717) is 6.07 Å². The Morgan fingerprint density at radius 2 is 1.40 bits per heavy atom. The van der Waals surface area contributed by atoms with Gasteiger partial charge in [0.25, 0.3) is 10.0 Å². The Balaban J connectivity index is 1.82. The zero-order chi connectivity index (χ0) is 18.2. The highest BCUT2D eigenvalue weighted by Gasteiger charge is 2.28. The van der Waals surface area contributed by atoms with E-state index >= 15 is 0 Å². The molecule has 0 saturated heterocycles. The monoisotopic (exact) mass is 388 g/mol. The molecule has 0 aliphatic heterocycles. The number of sulfonamides is 2. The lowest BCUT2D eigenvalue weighted by Crippen LogP contribution is -2.25. The van der Waals surface area contributed by atoms with Gasteiger partial charge in [-0.1, -0.05) is 0 Å². The van der Waals surface area contributed by atoms with Gasteiger partial charge in [-0.15, -0.1) is 0 Å². The fraction of sp³-hybridized carbons (Fsp3) is 0.200. The van der Waals surface area contributed by atoms with E-state index in [9.17, 15) is 25.6 Å². The highest BCUT2D eigenvalue weighted by molar-refractivity contribution is 7.92. The molecule has 0 radical (unpaired) electrons. The van der Waals surface area contributed by atoms with Gasteiger partial charge in [0.1, 0.15) is 11.6 Å². The highest BCUT2D eigenvalue weighted by atomic mass is 32.2. The maximum absolute atomic E-state index is 13.6. The molecule has 3 rings (SSSR count). The Morgan fingerprint density at radius 1 is 0.840 bits per heavy atom. The molecule has 2 aromatic carbocycles. The first kappa shape index (κ1) is 17.8. The minimum atomic E-state index is -4.15. The number of benzene rings is 2. The summed E-state index contributed by atoms with van der Waals surface area (Å²) >= 11 is 0. The number of nitrogens with one attached hydrogen (secondary N) is 2. The van der Waals surface area contributed by atoms with Crippen molar-refractivity contribution in [2.75, 3.05) is 4.72 Å². The molecular formula is C15H14F2N2O4S2. The smallest absolute Gasteiger partial charge is 0.261 e. The van der Waals surface area contributed by atoms with Gasteiger partial charge < -0.3 is 0 Å². The van der Waals surface area contributed by atoms with E-state index in [1.807, 2.05) is 4.72 Å². The Morgan fingerprint density at radius 3 is 1.92 bits per heavy atom. The first-order chi connectivity index (χ1) is 11.7. The molecule has 0 unspecified atom stereocenters. The van der Waals surface area contributed by atoms with E-state index in [0.717, 1.165) is 49.2 Å². The van der Waals surface area contributed by atoms with Crippen LogP contribution in [0.3, 0.4) is 0 Å². The molecule has 0 aromatic heterocycles. The lowest BCUT2D eigenvalue weighted by atomic mass is 10.3. The summed E-state index contributed by atoms with van der Waals surface area (Å²) in [4.78, 5) is -0.312. The van der Waals surface area contributed by atoms with Gasteiger partial charge in [-0.05, 0) is 49.2 Å². The van der Waals surface area contributed by atoms with Crippen LogP contribution in [-0.4, -0.2) is 22.9 Å². The van der Waals surface area contributed by atoms with Gasteiger partial charge in [0.15, 0.2) is 0 Å². The normalized spacial score (nSPS) is 15.1. The topological polar surface area (TPSA) is 92.3 Å².